The van der Waals surface area contributed by atoms with Crippen LogP contribution in [0, 0.1) is 5.92 Å². The third kappa shape index (κ3) is 4.23. The molecule has 0 aromatic heterocycles. The summed E-state index contributed by atoms with van der Waals surface area (Å²) in [4.78, 5) is 5.01. The van der Waals surface area contributed by atoms with Gasteiger partial charge in [0.2, 0.25) is 0 Å². The highest BCUT2D eigenvalue weighted by molar-refractivity contribution is 4.91. The summed E-state index contributed by atoms with van der Waals surface area (Å²) in [6.45, 7) is 7.39. The Morgan fingerprint density at radius 2 is 2.12 bits per heavy atom. The standard InChI is InChI=1S/C14H29N3/c1-12(7-10-16(2)3)17-9-4-8-15-14(11-17)13-5-6-13/h12-15H,4-11H2,1-3H3. The first-order valence-electron chi connectivity index (χ1n) is 7.29. The first-order chi connectivity index (χ1) is 8.16. The molecule has 0 spiro atoms. The molecular weight excluding hydrogens is 210 g/mol. The molecule has 0 radical (unpaired) electrons. The van der Waals surface area contributed by atoms with E-state index in [4.69, 9.17) is 0 Å². The predicted octanol–water partition coefficient (Wildman–Crippen LogP) is 1.40. The molecule has 1 saturated heterocycles. The smallest absolute Gasteiger partial charge is 0.0223 e. The molecular formula is C14H29N3. The molecule has 1 saturated carbocycles. The maximum absolute atomic E-state index is 3.74. The number of nitrogens with one attached hydrogen (secondary N) is 1. The van der Waals surface area contributed by atoms with E-state index in [2.05, 4.69) is 36.1 Å². The number of rotatable bonds is 5. The van der Waals surface area contributed by atoms with Gasteiger partial charge in [-0.3, -0.25) is 4.90 Å². The van der Waals surface area contributed by atoms with E-state index in [-0.39, 0.29) is 0 Å². The predicted molar refractivity (Wildman–Crippen MR) is 73.3 cm³/mol. The summed E-state index contributed by atoms with van der Waals surface area (Å²) >= 11 is 0. The minimum absolute atomic E-state index is 0.735. The zero-order chi connectivity index (χ0) is 12.3. The van der Waals surface area contributed by atoms with Crippen LogP contribution in [0.5, 0.6) is 0 Å². The zero-order valence-electron chi connectivity index (χ0n) is 11.8. The van der Waals surface area contributed by atoms with Crippen molar-refractivity contribution in [3.63, 3.8) is 0 Å². The molecule has 2 aliphatic rings. The van der Waals surface area contributed by atoms with E-state index in [0.717, 1.165) is 18.0 Å². The lowest BCUT2D eigenvalue weighted by Crippen LogP contribution is -2.43. The third-order valence-electron chi connectivity index (χ3n) is 4.27. The molecule has 1 aliphatic heterocycles. The van der Waals surface area contributed by atoms with Crippen LogP contribution in [0.15, 0.2) is 0 Å². The Kier molecular flexibility index (Phi) is 4.83. The molecule has 1 aliphatic carbocycles. The van der Waals surface area contributed by atoms with Gasteiger partial charge in [-0.05, 0) is 72.3 Å². The second-order valence-corrected chi connectivity index (χ2v) is 6.19. The molecule has 2 atom stereocenters. The summed E-state index contributed by atoms with van der Waals surface area (Å²) in [6, 6.07) is 1.51. The van der Waals surface area contributed by atoms with E-state index in [1.807, 2.05) is 0 Å². The van der Waals surface area contributed by atoms with Gasteiger partial charge in [-0.1, -0.05) is 0 Å². The normalized spacial score (nSPS) is 29.3. The van der Waals surface area contributed by atoms with Gasteiger partial charge < -0.3 is 10.2 Å². The lowest BCUT2D eigenvalue weighted by molar-refractivity contribution is 0.180. The van der Waals surface area contributed by atoms with Gasteiger partial charge in [-0.2, -0.15) is 0 Å². The summed E-state index contributed by atoms with van der Waals surface area (Å²) in [5.41, 5.74) is 0. The highest BCUT2D eigenvalue weighted by Gasteiger charge is 2.33. The van der Waals surface area contributed by atoms with Crippen molar-refractivity contribution in [1.82, 2.24) is 15.1 Å². The Balaban J connectivity index is 1.80. The van der Waals surface area contributed by atoms with E-state index >= 15 is 0 Å². The average molecular weight is 239 g/mol. The van der Waals surface area contributed by atoms with Crippen molar-refractivity contribution in [2.45, 2.75) is 44.7 Å². The monoisotopic (exact) mass is 239 g/mol. The minimum Gasteiger partial charge on any atom is -0.312 e. The molecule has 100 valence electrons. The SMILES string of the molecule is CC(CCN(C)C)N1CCCNC(C2CC2)C1. The molecule has 2 rings (SSSR count). The fourth-order valence-electron chi connectivity index (χ4n) is 2.82. The topological polar surface area (TPSA) is 18.5 Å². The van der Waals surface area contributed by atoms with E-state index in [9.17, 15) is 0 Å². The van der Waals surface area contributed by atoms with Crippen LogP contribution < -0.4 is 5.32 Å². The molecule has 0 aromatic rings. The first-order valence-corrected chi connectivity index (χ1v) is 7.29. The molecule has 1 heterocycles. The van der Waals surface area contributed by atoms with Crippen molar-refractivity contribution in [2.75, 3.05) is 40.3 Å². The maximum atomic E-state index is 3.74. The van der Waals surface area contributed by atoms with Gasteiger partial charge in [0.15, 0.2) is 0 Å². The van der Waals surface area contributed by atoms with Crippen LogP contribution in [-0.4, -0.2) is 62.2 Å². The lowest BCUT2D eigenvalue weighted by atomic mass is 10.1. The van der Waals surface area contributed by atoms with Crippen molar-refractivity contribution in [1.29, 1.82) is 0 Å². The van der Waals surface area contributed by atoms with E-state index in [0.29, 0.717) is 0 Å². The Labute approximate surface area is 107 Å². The fraction of sp³-hybridized carbons (Fsp3) is 1.00. The van der Waals surface area contributed by atoms with E-state index in [1.54, 1.807) is 0 Å². The highest BCUT2D eigenvalue weighted by Crippen LogP contribution is 2.33. The summed E-state index contributed by atoms with van der Waals surface area (Å²) in [7, 11) is 4.34. The number of nitrogens with zero attached hydrogens (tertiary/aromatic N) is 2. The zero-order valence-corrected chi connectivity index (χ0v) is 11.8. The minimum atomic E-state index is 0.735. The Bertz CT molecular complexity index is 226. The Morgan fingerprint density at radius 1 is 1.35 bits per heavy atom. The molecule has 0 aromatic carbocycles. The van der Waals surface area contributed by atoms with Gasteiger partial charge in [0.1, 0.15) is 0 Å². The van der Waals surface area contributed by atoms with Crippen LogP contribution in [0.4, 0.5) is 0 Å². The molecule has 3 nitrogen and oxygen atoms in total. The largest absolute Gasteiger partial charge is 0.312 e. The van der Waals surface area contributed by atoms with Crippen LogP contribution in [0.2, 0.25) is 0 Å². The van der Waals surface area contributed by atoms with Gasteiger partial charge in [0.05, 0.1) is 0 Å². The number of hydrogen-bond donors (Lipinski definition) is 1. The van der Waals surface area contributed by atoms with Crippen LogP contribution >= 0.6 is 0 Å². The van der Waals surface area contributed by atoms with Crippen LogP contribution in [0.3, 0.4) is 0 Å². The summed E-state index contributed by atoms with van der Waals surface area (Å²) < 4.78 is 0. The van der Waals surface area contributed by atoms with Crippen LogP contribution in [0.1, 0.15) is 32.6 Å². The molecule has 17 heavy (non-hydrogen) atoms. The van der Waals surface area contributed by atoms with Crippen molar-refractivity contribution < 1.29 is 0 Å². The quantitative estimate of drug-likeness (QED) is 0.782. The van der Waals surface area contributed by atoms with Crippen molar-refractivity contribution in [3.05, 3.63) is 0 Å². The Hall–Kier alpha value is -0.120. The second kappa shape index (κ2) is 6.17. The highest BCUT2D eigenvalue weighted by atomic mass is 15.2. The van der Waals surface area contributed by atoms with Crippen LogP contribution in [0.25, 0.3) is 0 Å². The molecule has 0 bridgehead atoms. The summed E-state index contributed by atoms with van der Waals surface area (Å²) in [6.07, 6.45) is 5.52. The van der Waals surface area contributed by atoms with Crippen molar-refractivity contribution in [2.24, 2.45) is 5.92 Å². The average Bonchev–Trinajstić information content (AvgIpc) is 3.10. The van der Waals surface area contributed by atoms with Gasteiger partial charge in [0.25, 0.3) is 0 Å². The van der Waals surface area contributed by atoms with Crippen molar-refractivity contribution >= 4 is 0 Å². The fourth-order valence-corrected chi connectivity index (χ4v) is 2.82. The van der Waals surface area contributed by atoms with Gasteiger partial charge in [0, 0.05) is 18.6 Å². The molecule has 2 unspecified atom stereocenters. The van der Waals surface area contributed by atoms with E-state index < -0.39 is 0 Å². The molecule has 1 N–H and O–H groups in total. The molecule has 3 heteroatoms. The summed E-state index contributed by atoms with van der Waals surface area (Å²) in [5, 5.41) is 3.74. The second-order valence-electron chi connectivity index (χ2n) is 6.19. The summed E-state index contributed by atoms with van der Waals surface area (Å²) in [5.74, 6) is 0.983. The van der Waals surface area contributed by atoms with Gasteiger partial charge in [-0.25, -0.2) is 0 Å². The number of hydrogen-bond acceptors (Lipinski definition) is 3. The van der Waals surface area contributed by atoms with Gasteiger partial charge in [-0.15, -0.1) is 0 Å². The lowest BCUT2D eigenvalue weighted by Gasteiger charge is -2.31. The first kappa shape index (κ1) is 13.3. The van der Waals surface area contributed by atoms with Crippen LogP contribution in [-0.2, 0) is 0 Å². The van der Waals surface area contributed by atoms with Crippen molar-refractivity contribution in [3.8, 4) is 0 Å². The molecule has 0 amide bonds. The van der Waals surface area contributed by atoms with E-state index in [1.165, 1.54) is 51.9 Å². The maximum Gasteiger partial charge on any atom is 0.0223 e. The van der Waals surface area contributed by atoms with Gasteiger partial charge >= 0.3 is 0 Å². The Morgan fingerprint density at radius 3 is 2.76 bits per heavy atom. The third-order valence-corrected chi connectivity index (χ3v) is 4.27. The molecule has 2 fully saturated rings.